The second kappa shape index (κ2) is 9.93. The number of alkyl halides is 1. The molecule has 0 aliphatic carbocycles. The van der Waals surface area contributed by atoms with Crippen LogP contribution in [-0.2, 0) is 24.4 Å². The molecule has 0 atom stereocenters. The van der Waals surface area contributed by atoms with Crippen molar-refractivity contribution in [2.45, 2.75) is 19.6 Å². The van der Waals surface area contributed by atoms with E-state index in [2.05, 4.69) is 15.9 Å². The molecule has 0 fully saturated rings. The first-order chi connectivity index (χ1) is 13.2. The van der Waals surface area contributed by atoms with Gasteiger partial charge in [0.15, 0.2) is 0 Å². The Kier molecular flexibility index (Phi) is 7.05. The van der Waals surface area contributed by atoms with Crippen LogP contribution in [0.15, 0.2) is 78.9 Å². The smallest absolute Gasteiger partial charge is 0.147 e. The molecule has 0 unspecified atom stereocenters. The normalized spacial score (nSPS) is 10.4. The molecule has 3 aromatic carbocycles. The maximum Gasteiger partial charge on any atom is 0.147 e. The molecule has 0 bridgehead atoms. The summed E-state index contributed by atoms with van der Waals surface area (Å²) in [6, 6.07) is 25.6. The maximum atomic E-state index is 11.8. The van der Waals surface area contributed by atoms with Crippen LogP contribution in [0.25, 0.3) is 0 Å². The number of ketones is 1. The first-order valence-corrected chi connectivity index (χ1v) is 9.90. The third kappa shape index (κ3) is 6.26. The van der Waals surface area contributed by atoms with E-state index >= 15 is 0 Å². The van der Waals surface area contributed by atoms with E-state index in [-0.39, 0.29) is 5.78 Å². The van der Waals surface area contributed by atoms with Crippen LogP contribution in [0.5, 0.6) is 11.5 Å². The molecule has 3 nitrogen and oxygen atoms in total. The summed E-state index contributed by atoms with van der Waals surface area (Å²) >= 11 is 3.22. The predicted octanol–water partition coefficient (Wildman–Crippen LogP) is 5.35. The molecule has 0 radical (unpaired) electrons. The quantitative estimate of drug-likeness (QED) is 0.434. The fourth-order valence-corrected chi connectivity index (χ4v) is 2.85. The minimum atomic E-state index is 0.115. The zero-order chi connectivity index (χ0) is 18.9. The monoisotopic (exact) mass is 424 g/mol. The summed E-state index contributed by atoms with van der Waals surface area (Å²) in [6.45, 7) is 0.934. The third-order valence-electron chi connectivity index (χ3n) is 3.99. The Morgan fingerprint density at radius 1 is 0.704 bits per heavy atom. The summed E-state index contributed by atoms with van der Waals surface area (Å²) in [5, 5.41) is 0.336. The molecule has 0 aliphatic heterocycles. The van der Waals surface area contributed by atoms with Crippen molar-refractivity contribution in [3.05, 3.63) is 95.6 Å². The molecule has 0 saturated carbocycles. The number of hydrogen-bond acceptors (Lipinski definition) is 3. The highest BCUT2D eigenvalue weighted by Crippen LogP contribution is 2.25. The topological polar surface area (TPSA) is 35.5 Å². The molecular weight excluding hydrogens is 404 g/mol. The molecule has 3 rings (SSSR count). The van der Waals surface area contributed by atoms with E-state index in [4.69, 9.17) is 9.47 Å². The number of Topliss-reactive ketones (excluding diaryl/α,β-unsaturated/α-hetero) is 1. The average Bonchev–Trinajstić information content (AvgIpc) is 2.72. The van der Waals surface area contributed by atoms with E-state index in [1.807, 2.05) is 78.9 Å². The molecule has 0 N–H and O–H groups in total. The van der Waals surface area contributed by atoms with Crippen molar-refractivity contribution in [1.29, 1.82) is 0 Å². The van der Waals surface area contributed by atoms with E-state index in [9.17, 15) is 4.79 Å². The van der Waals surface area contributed by atoms with Crippen molar-refractivity contribution in [1.82, 2.24) is 0 Å². The van der Waals surface area contributed by atoms with Crippen molar-refractivity contribution in [2.75, 3.05) is 5.33 Å². The third-order valence-corrected chi connectivity index (χ3v) is 4.61. The highest BCUT2D eigenvalue weighted by Gasteiger charge is 2.08. The Morgan fingerprint density at radius 3 is 1.63 bits per heavy atom. The Bertz CT molecular complexity index is 802. The fourth-order valence-electron chi connectivity index (χ4n) is 2.66. The summed E-state index contributed by atoms with van der Waals surface area (Å²) in [4.78, 5) is 11.8. The molecule has 0 heterocycles. The zero-order valence-electron chi connectivity index (χ0n) is 14.9. The lowest BCUT2D eigenvalue weighted by Gasteiger charge is -2.12. The number of carbonyl (C=O) groups is 1. The molecule has 0 saturated heterocycles. The summed E-state index contributed by atoms with van der Waals surface area (Å²) in [6.07, 6.45) is 0.343. The number of ether oxygens (including phenoxy) is 2. The van der Waals surface area contributed by atoms with E-state index < -0.39 is 0 Å². The highest BCUT2D eigenvalue weighted by atomic mass is 79.9. The van der Waals surface area contributed by atoms with Gasteiger partial charge in [-0.1, -0.05) is 76.6 Å². The number of carbonyl (C=O) groups excluding carboxylic acids is 1. The second-order valence-electron chi connectivity index (χ2n) is 6.21. The summed E-state index contributed by atoms with van der Waals surface area (Å²) < 4.78 is 11.9. The van der Waals surface area contributed by atoms with Crippen LogP contribution in [0, 0.1) is 0 Å². The minimum Gasteiger partial charge on any atom is -0.489 e. The van der Waals surface area contributed by atoms with Gasteiger partial charge in [-0.3, -0.25) is 4.79 Å². The molecule has 0 aromatic heterocycles. The van der Waals surface area contributed by atoms with E-state index in [0.717, 1.165) is 16.7 Å². The van der Waals surface area contributed by atoms with Gasteiger partial charge in [-0.25, -0.2) is 0 Å². The van der Waals surface area contributed by atoms with Gasteiger partial charge in [0.25, 0.3) is 0 Å². The Morgan fingerprint density at radius 2 is 1.19 bits per heavy atom. The molecule has 3 aromatic rings. The number of benzene rings is 3. The van der Waals surface area contributed by atoms with Crippen LogP contribution in [0.2, 0.25) is 0 Å². The van der Waals surface area contributed by atoms with Gasteiger partial charge in [-0.2, -0.15) is 0 Å². The average molecular weight is 425 g/mol. The standard InChI is InChI=1S/C23H21BrO3/c24-15-21(25)11-20-12-22(26-16-18-7-3-1-4-8-18)14-23(13-20)27-17-19-9-5-2-6-10-19/h1-10,12-14H,11,15-17H2. The van der Waals surface area contributed by atoms with Crippen molar-refractivity contribution >= 4 is 21.7 Å². The number of rotatable bonds is 9. The van der Waals surface area contributed by atoms with E-state index in [1.54, 1.807) is 0 Å². The summed E-state index contributed by atoms with van der Waals surface area (Å²) in [7, 11) is 0. The van der Waals surface area contributed by atoms with Crippen LogP contribution < -0.4 is 9.47 Å². The van der Waals surface area contributed by atoms with Gasteiger partial charge in [-0.15, -0.1) is 0 Å². The predicted molar refractivity (Wildman–Crippen MR) is 110 cm³/mol. The zero-order valence-corrected chi connectivity index (χ0v) is 16.5. The van der Waals surface area contributed by atoms with Crippen molar-refractivity contribution in [3.8, 4) is 11.5 Å². The van der Waals surface area contributed by atoms with E-state index in [1.165, 1.54) is 0 Å². The van der Waals surface area contributed by atoms with Crippen LogP contribution >= 0.6 is 15.9 Å². The molecular formula is C23H21BrO3. The Balaban J connectivity index is 1.74. The van der Waals surface area contributed by atoms with Crippen LogP contribution in [0.4, 0.5) is 0 Å². The van der Waals surface area contributed by atoms with Crippen molar-refractivity contribution in [3.63, 3.8) is 0 Å². The van der Waals surface area contributed by atoms with Crippen LogP contribution in [0.1, 0.15) is 16.7 Å². The van der Waals surface area contributed by atoms with Gasteiger partial charge in [0.05, 0.1) is 5.33 Å². The molecule has 0 aliphatic rings. The SMILES string of the molecule is O=C(CBr)Cc1cc(OCc2ccccc2)cc(OCc2ccccc2)c1. The lowest BCUT2D eigenvalue weighted by atomic mass is 10.1. The molecule has 0 amide bonds. The van der Waals surface area contributed by atoms with Gasteiger partial charge in [-0.05, 0) is 28.8 Å². The molecule has 138 valence electrons. The van der Waals surface area contributed by atoms with Gasteiger partial charge in [0.1, 0.15) is 30.5 Å². The van der Waals surface area contributed by atoms with E-state index in [0.29, 0.717) is 36.5 Å². The molecule has 0 spiro atoms. The fraction of sp³-hybridized carbons (Fsp3) is 0.174. The summed E-state index contributed by atoms with van der Waals surface area (Å²) in [5.74, 6) is 1.51. The van der Waals surface area contributed by atoms with Crippen molar-refractivity contribution < 1.29 is 14.3 Å². The maximum absolute atomic E-state index is 11.8. The number of halogens is 1. The van der Waals surface area contributed by atoms with Crippen LogP contribution in [-0.4, -0.2) is 11.1 Å². The Hall–Kier alpha value is -2.59. The van der Waals surface area contributed by atoms with Crippen LogP contribution in [0.3, 0.4) is 0 Å². The molecule has 4 heteroatoms. The van der Waals surface area contributed by atoms with Crippen molar-refractivity contribution in [2.24, 2.45) is 0 Å². The number of hydrogen-bond donors (Lipinski definition) is 0. The largest absolute Gasteiger partial charge is 0.489 e. The summed E-state index contributed by atoms with van der Waals surface area (Å²) in [5.41, 5.74) is 3.06. The first kappa shape index (κ1) is 19.2. The van der Waals surface area contributed by atoms with Gasteiger partial charge >= 0.3 is 0 Å². The second-order valence-corrected chi connectivity index (χ2v) is 6.77. The molecule has 27 heavy (non-hydrogen) atoms. The highest BCUT2D eigenvalue weighted by molar-refractivity contribution is 9.09. The van der Waals surface area contributed by atoms with Gasteiger partial charge in [0.2, 0.25) is 0 Å². The van der Waals surface area contributed by atoms with Gasteiger partial charge < -0.3 is 9.47 Å². The lowest BCUT2D eigenvalue weighted by molar-refractivity contribution is -0.115. The van der Waals surface area contributed by atoms with Gasteiger partial charge in [0, 0.05) is 12.5 Å². The Labute approximate surface area is 168 Å². The lowest BCUT2D eigenvalue weighted by Crippen LogP contribution is -2.05. The minimum absolute atomic E-state index is 0.115. The first-order valence-electron chi connectivity index (χ1n) is 8.78.